The molecule has 2 fully saturated rings. The average Bonchev–Trinajstić information content (AvgIpc) is 3.68. The Morgan fingerprint density at radius 3 is 2.46 bits per heavy atom. The minimum Gasteiger partial charge on any atom is -0.491 e. The van der Waals surface area contributed by atoms with E-state index in [4.69, 9.17) is 18.9 Å². The van der Waals surface area contributed by atoms with Crippen molar-refractivity contribution in [2.75, 3.05) is 69.8 Å². The third kappa shape index (κ3) is 12.1. The van der Waals surface area contributed by atoms with Crippen LogP contribution in [0, 0.1) is 20.8 Å². The Kier molecular flexibility index (Phi) is 14.6. The van der Waals surface area contributed by atoms with Gasteiger partial charge in [0.1, 0.15) is 36.4 Å². The number of amides is 3. The van der Waals surface area contributed by atoms with E-state index in [0.29, 0.717) is 105 Å². The van der Waals surface area contributed by atoms with Crippen LogP contribution in [0.3, 0.4) is 0 Å². The Bertz CT molecular complexity index is 2370. The molecule has 63 heavy (non-hydrogen) atoms. The Morgan fingerprint density at radius 2 is 1.73 bits per heavy atom. The Hall–Kier alpha value is -5.27. The van der Waals surface area contributed by atoms with Gasteiger partial charge >= 0.3 is 12.2 Å². The maximum atomic E-state index is 13.4. The first kappa shape index (κ1) is 45.7. The lowest BCUT2D eigenvalue weighted by Crippen LogP contribution is -2.47. The standard InChI is InChI=1S/C45H51BrF3N7O7/c1-28-18-32-20-40(52-37(32)21-35(28)45(47,48)49)44(59)9-11-55(12-10-44)25-31-4-6-33(7-5-31)62-17-16-60-14-8-42(57)56-13-15-61-34(26-56)27-63-39-19-29(2)36(46)22-38(39)53-43(58)54-41-24-50-30(3)23-51-41/h4-7,18-24,34,52,59H,8-17,25-27H2,1-3H3,(H2,51,53,54,58)/t34-/m0/s1. The van der Waals surface area contributed by atoms with E-state index >= 15 is 0 Å². The second kappa shape index (κ2) is 20.1. The maximum Gasteiger partial charge on any atom is 0.416 e. The van der Waals surface area contributed by atoms with E-state index in [1.54, 1.807) is 30.2 Å². The largest absolute Gasteiger partial charge is 0.491 e. The van der Waals surface area contributed by atoms with Crippen LogP contribution in [-0.4, -0.2) is 107 Å². The van der Waals surface area contributed by atoms with Gasteiger partial charge in [-0.25, -0.2) is 9.78 Å². The molecule has 0 spiro atoms. The zero-order valence-electron chi connectivity index (χ0n) is 35.3. The molecule has 14 nitrogen and oxygen atoms in total. The summed E-state index contributed by atoms with van der Waals surface area (Å²) in [4.78, 5) is 41.1. The van der Waals surface area contributed by atoms with Gasteiger partial charge in [-0.1, -0.05) is 28.1 Å². The van der Waals surface area contributed by atoms with E-state index in [0.717, 1.165) is 27.4 Å². The van der Waals surface area contributed by atoms with Crippen LogP contribution in [-0.2, 0) is 32.6 Å². The van der Waals surface area contributed by atoms with E-state index in [1.807, 2.05) is 37.3 Å². The number of aromatic nitrogens is 3. The summed E-state index contributed by atoms with van der Waals surface area (Å²) in [6, 6.07) is 15.2. The van der Waals surface area contributed by atoms with E-state index in [1.165, 1.54) is 19.2 Å². The summed E-state index contributed by atoms with van der Waals surface area (Å²) in [5.74, 6) is 1.40. The molecule has 7 rings (SSSR count). The highest BCUT2D eigenvalue weighted by molar-refractivity contribution is 9.10. The Labute approximate surface area is 371 Å². The van der Waals surface area contributed by atoms with E-state index in [9.17, 15) is 27.9 Å². The Balaban J connectivity index is 0.785. The molecule has 2 aliphatic heterocycles. The zero-order chi connectivity index (χ0) is 44.7. The molecule has 3 aromatic carbocycles. The predicted molar refractivity (Wildman–Crippen MR) is 234 cm³/mol. The van der Waals surface area contributed by atoms with Gasteiger partial charge in [-0.05, 0) is 92.8 Å². The quantitative estimate of drug-likeness (QED) is 0.0760. The van der Waals surface area contributed by atoms with Crippen LogP contribution in [0.2, 0.25) is 0 Å². The number of likely N-dealkylation sites (tertiary alicyclic amines) is 1. The van der Waals surface area contributed by atoms with Gasteiger partial charge in [-0.3, -0.25) is 20.0 Å². The van der Waals surface area contributed by atoms with Crippen LogP contribution in [0.1, 0.15) is 52.9 Å². The number of aliphatic hydroxyl groups is 1. The number of H-pyrrole nitrogens is 1. The molecule has 4 heterocycles. The topological polar surface area (TPSA) is 163 Å². The fourth-order valence-electron chi connectivity index (χ4n) is 7.62. The number of nitrogens with one attached hydrogen (secondary N) is 3. The molecule has 2 aromatic heterocycles. The molecular weight excluding hydrogens is 887 g/mol. The lowest BCUT2D eigenvalue weighted by molar-refractivity contribution is -0.141. The van der Waals surface area contributed by atoms with E-state index in [-0.39, 0.29) is 37.2 Å². The number of rotatable bonds is 15. The summed E-state index contributed by atoms with van der Waals surface area (Å²) >= 11 is 3.51. The van der Waals surface area contributed by atoms with Crippen molar-refractivity contribution < 1.29 is 46.8 Å². The smallest absolute Gasteiger partial charge is 0.416 e. The minimum absolute atomic E-state index is 0.0493. The van der Waals surface area contributed by atoms with Crippen molar-refractivity contribution in [2.24, 2.45) is 0 Å². The number of fused-ring (bicyclic) bond motifs is 1. The fourth-order valence-corrected chi connectivity index (χ4v) is 7.96. The number of hydrogen-bond donors (Lipinski definition) is 4. The van der Waals surface area contributed by atoms with Gasteiger partial charge in [-0.15, -0.1) is 0 Å². The number of urea groups is 1. The number of hydrogen-bond acceptors (Lipinski definition) is 10. The van der Waals surface area contributed by atoms with Gasteiger partial charge < -0.3 is 39.3 Å². The van der Waals surface area contributed by atoms with Crippen molar-refractivity contribution in [1.29, 1.82) is 0 Å². The second-order valence-corrected chi connectivity index (χ2v) is 16.8. The maximum absolute atomic E-state index is 13.4. The van der Waals surface area contributed by atoms with Gasteiger partial charge in [0.15, 0.2) is 5.82 Å². The third-order valence-corrected chi connectivity index (χ3v) is 12.0. The highest BCUT2D eigenvalue weighted by Crippen LogP contribution is 2.38. The van der Waals surface area contributed by atoms with Crippen molar-refractivity contribution in [2.45, 2.75) is 64.5 Å². The first-order chi connectivity index (χ1) is 30.1. The monoisotopic (exact) mass is 937 g/mol. The number of carbonyl (C=O) groups is 2. The van der Waals surface area contributed by atoms with Crippen molar-refractivity contribution in [3.63, 3.8) is 0 Å². The van der Waals surface area contributed by atoms with Crippen molar-refractivity contribution in [3.05, 3.63) is 105 Å². The minimum atomic E-state index is -4.44. The molecule has 0 aliphatic carbocycles. The molecule has 0 bridgehead atoms. The molecule has 0 saturated carbocycles. The summed E-state index contributed by atoms with van der Waals surface area (Å²) in [5, 5.41) is 17.6. The van der Waals surface area contributed by atoms with Gasteiger partial charge in [0.2, 0.25) is 5.91 Å². The van der Waals surface area contributed by atoms with Gasteiger partial charge in [0.05, 0.1) is 62.1 Å². The summed E-state index contributed by atoms with van der Waals surface area (Å²) < 4.78 is 64.7. The zero-order valence-corrected chi connectivity index (χ0v) is 36.9. The van der Waals surface area contributed by atoms with Gasteiger partial charge in [-0.2, -0.15) is 13.2 Å². The number of ether oxygens (including phenoxy) is 4. The molecule has 0 radical (unpaired) electrons. The number of nitrogens with zero attached hydrogens (tertiary/aromatic N) is 4. The number of aromatic amines is 1. The molecule has 336 valence electrons. The SMILES string of the molecule is Cc1cnc(NC(=O)Nc2cc(Br)c(C)cc2OC[C@@H]2CN(C(=O)CCOCCOc3ccc(CN4CCC(O)(c5cc6cc(C)c(C(F)(F)F)cc6[nH]5)CC4)cc3)CCO2)cn1. The number of anilines is 2. The average molecular weight is 939 g/mol. The summed E-state index contributed by atoms with van der Waals surface area (Å²) in [7, 11) is 0. The molecule has 0 unspecified atom stereocenters. The highest BCUT2D eigenvalue weighted by Gasteiger charge is 2.37. The Morgan fingerprint density at radius 1 is 0.952 bits per heavy atom. The molecule has 18 heteroatoms. The molecule has 4 N–H and O–H groups in total. The summed E-state index contributed by atoms with van der Waals surface area (Å²) in [6.07, 6.45) is -0.686. The number of benzene rings is 3. The molecule has 2 aliphatic rings. The highest BCUT2D eigenvalue weighted by atomic mass is 79.9. The van der Waals surface area contributed by atoms with E-state index in [2.05, 4.69) is 46.4 Å². The number of halogens is 4. The van der Waals surface area contributed by atoms with Gasteiger partial charge in [0, 0.05) is 47.2 Å². The van der Waals surface area contributed by atoms with Crippen LogP contribution >= 0.6 is 15.9 Å². The van der Waals surface area contributed by atoms with Crippen molar-refractivity contribution in [1.82, 2.24) is 24.8 Å². The lowest BCUT2D eigenvalue weighted by atomic mass is 9.88. The number of piperidine rings is 1. The molecule has 3 amide bonds. The summed E-state index contributed by atoms with van der Waals surface area (Å²) in [6.45, 7) is 9.30. The van der Waals surface area contributed by atoms with E-state index < -0.39 is 23.4 Å². The fraction of sp³-hybridized carbons (Fsp3) is 0.422. The van der Waals surface area contributed by atoms with Crippen molar-refractivity contribution in [3.8, 4) is 11.5 Å². The molecule has 5 aromatic rings. The first-order valence-corrected chi connectivity index (χ1v) is 21.6. The van der Waals surface area contributed by atoms with Gasteiger partial charge in [0.25, 0.3) is 0 Å². The number of alkyl halides is 3. The number of morpholine rings is 1. The first-order valence-electron chi connectivity index (χ1n) is 20.8. The second-order valence-electron chi connectivity index (χ2n) is 16.0. The van der Waals surface area contributed by atoms with Crippen LogP contribution in [0.25, 0.3) is 10.9 Å². The number of carbonyl (C=O) groups excluding carboxylic acids is 2. The van der Waals surface area contributed by atoms with Crippen LogP contribution in [0.4, 0.5) is 29.5 Å². The van der Waals surface area contributed by atoms with Crippen LogP contribution in [0.15, 0.2) is 71.5 Å². The lowest BCUT2D eigenvalue weighted by Gasteiger charge is -2.37. The molecular formula is C45H51BrF3N7O7. The van der Waals surface area contributed by atoms with Crippen LogP contribution in [0.5, 0.6) is 11.5 Å². The third-order valence-electron chi connectivity index (χ3n) is 11.2. The normalized spacial score (nSPS) is 16.8. The summed E-state index contributed by atoms with van der Waals surface area (Å²) in [5.41, 5.74) is 2.39. The molecule has 2 saturated heterocycles. The predicted octanol–water partition coefficient (Wildman–Crippen LogP) is 7.88. The van der Waals surface area contributed by atoms with Crippen LogP contribution < -0.4 is 20.1 Å². The van der Waals surface area contributed by atoms with Crippen molar-refractivity contribution >= 4 is 50.3 Å². The number of aryl methyl sites for hydroxylation is 3. The molecule has 1 atom stereocenters.